The molecule has 0 spiro atoms. The molecule has 1 aliphatic rings. The molecule has 1 aromatic heterocycles. The molecule has 22 heavy (non-hydrogen) atoms. The second kappa shape index (κ2) is 8.67. The summed E-state index contributed by atoms with van der Waals surface area (Å²) in [6.07, 6.45) is 3.93. The Kier molecular flexibility index (Phi) is 6.89. The van der Waals surface area contributed by atoms with Gasteiger partial charge in [-0.2, -0.15) is 0 Å². The zero-order valence-electron chi connectivity index (χ0n) is 12.5. The van der Waals surface area contributed by atoms with Crippen molar-refractivity contribution in [1.82, 2.24) is 10.3 Å². The molecule has 1 aliphatic carbocycles. The number of hydrogen-bond donors (Lipinski definition) is 1. The average Bonchev–Trinajstić information content (AvgIpc) is 2.48. The fourth-order valence-electron chi connectivity index (χ4n) is 2.54. The van der Waals surface area contributed by atoms with Gasteiger partial charge in [0.25, 0.3) is 5.91 Å². The normalized spacial score (nSPS) is 21.6. The largest absolute Gasteiger partial charge is 0.382 e. The lowest BCUT2D eigenvalue weighted by Gasteiger charge is -2.29. The Morgan fingerprint density at radius 3 is 2.45 bits per heavy atom. The Morgan fingerprint density at radius 2 is 1.86 bits per heavy atom. The number of carbonyl (C=O) groups excluding carboxylic acids is 1. The lowest BCUT2D eigenvalue weighted by molar-refractivity contribution is -0.00408. The minimum absolute atomic E-state index is 0.153. The van der Waals surface area contributed by atoms with Crippen molar-refractivity contribution < 1.29 is 14.3 Å². The molecule has 5 nitrogen and oxygen atoms in total. The maximum Gasteiger partial charge on any atom is 0.251 e. The highest BCUT2D eigenvalue weighted by molar-refractivity contribution is 6.33. The summed E-state index contributed by atoms with van der Waals surface area (Å²) in [5, 5.41) is 3.44. The van der Waals surface area contributed by atoms with Crippen molar-refractivity contribution in [2.24, 2.45) is 0 Å². The van der Waals surface area contributed by atoms with Gasteiger partial charge < -0.3 is 14.8 Å². The Morgan fingerprint density at radius 1 is 1.23 bits per heavy atom. The van der Waals surface area contributed by atoms with E-state index in [9.17, 15) is 4.79 Å². The second-order valence-corrected chi connectivity index (χ2v) is 6.09. The first kappa shape index (κ1) is 17.5. The van der Waals surface area contributed by atoms with Crippen molar-refractivity contribution in [3.63, 3.8) is 0 Å². The van der Waals surface area contributed by atoms with Crippen LogP contribution in [0.25, 0.3) is 0 Å². The van der Waals surface area contributed by atoms with Gasteiger partial charge in [-0.1, -0.05) is 23.2 Å². The van der Waals surface area contributed by atoms with Crippen LogP contribution in [-0.2, 0) is 9.47 Å². The van der Waals surface area contributed by atoms with E-state index < -0.39 is 0 Å². The highest BCUT2D eigenvalue weighted by Crippen LogP contribution is 2.22. The van der Waals surface area contributed by atoms with Crippen LogP contribution in [0.3, 0.4) is 0 Å². The Balaban J connectivity index is 1.79. The number of amides is 1. The Bertz CT molecular complexity index is 485. The molecule has 0 saturated heterocycles. The average molecular weight is 347 g/mol. The molecule has 1 saturated carbocycles. The molecule has 0 radical (unpaired) electrons. The molecule has 0 atom stereocenters. The van der Waals surface area contributed by atoms with Gasteiger partial charge >= 0.3 is 0 Å². The van der Waals surface area contributed by atoms with Crippen molar-refractivity contribution in [2.45, 2.75) is 37.8 Å². The third kappa shape index (κ3) is 5.39. The number of nitrogens with one attached hydrogen (secondary N) is 1. The molecule has 1 N–H and O–H groups in total. The van der Waals surface area contributed by atoms with Gasteiger partial charge in [0, 0.05) is 18.7 Å². The molecule has 1 aromatic rings. The quantitative estimate of drug-likeness (QED) is 0.635. The number of rotatable bonds is 6. The van der Waals surface area contributed by atoms with Gasteiger partial charge in [0.2, 0.25) is 0 Å². The maximum absolute atomic E-state index is 12.2. The van der Waals surface area contributed by atoms with Gasteiger partial charge in [0.1, 0.15) is 10.3 Å². The number of aromatic nitrogens is 1. The third-order valence-corrected chi connectivity index (χ3v) is 4.06. The van der Waals surface area contributed by atoms with E-state index in [4.69, 9.17) is 32.7 Å². The zero-order chi connectivity index (χ0) is 15.9. The summed E-state index contributed by atoms with van der Waals surface area (Å²) in [5.74, 6) is -0.171. The molecule has 0 aromatic carbocycles. The van der Waals surface area contributed by atoms with Crippen LogP contribution in [0.15, 0.2) is 12.1 Å². The van der Waals surface area contributed by atoms with E-state index in [0.717, 1.165) is 25.7 Å². The maximum atomic E-state index is 12.2. The topological polar surface area (TPSA) is 60.5 Å². The second-order valence-electron chi connectivity index (χ2n) is 5.31. The van der Waals surface area contributed by atoms with Crippen LogP contribution >= 0.6 is 23.2 Å². The van der Waals surface area contributed by atoms with Crippen LogP contribution in [0, 0.1) is 0 Å². The molecular formula is C15H20Cl2N2O3. The zero-order valence-corrected chi connectivity index (χ0v) is 14.0. The van der Waals surface area contributed by atoms with Gasteiger partial charge in [0.05, 0.1) is 19.3 Å². The molecule has 2 rings (SSSR count). The molecule has 1 fully saturated rings. The first-order valence-corrected chi connectivity index (χ1v) is 8.08. The lowest BCUT2D eigenvalue weighted by Crippen LogP contribution is -2.39. The van der Waals surface area contributed by atoms with Crippen LogP contribution in [0.1, 0.15) is 36.0 Å². The fourth-order valence-corrected chi connectivity index (χ4v) is 3.00. The van der Waals surface area contributed by atoms with Crippen LogP contribution in [-0.4, -0.2) is 43.4 Å². The highest BCUT2D eigenvalue weighted by atomic mass is 35.5. The summed E-state index contributed by atoms with van der Waals surface area (Å²) in [6.45, 7) is 1.23. The van der Waals surface area contributed by atoms with Gasteiger partial charge in [-0.3, -0.25) is 4.79 Å². The van der Waals surface area contributed by atoms with Gasteiger partial charge in [-0.05, 0) is 37.8 Å². The molecule has 7 heteroatoms. The summed E-state index contributed by atoms with van der Waals surface area (Å²) < 4.78 is 10.7. The van der Waals surface area contributed by atoms with Gasteiger partial charge in [0.15, 0.2) is 0 Å². The van der Waals surface area contributed by atoms with Crippen molar-refractivity contribution in [2.75, 3.05) is 20.3 Å². The molecule has 122 valence electrons. The van der Waals surface area contributed by atoms with Crippen molar-refractivity contribution in [3.05, 3.63) is 28.0 Å². The van der Waals surface area contributed by atoms with E-state index in [1.807, 2.05) is 0 Å². The highest BCUT2D eigenvalue weighted by Gasteiger charge is 2.23. The molecule has 0 unspecified atom stereocenters. The number of carbonyl (C=O) groups is 1. The first-order chi connectivity index (χ1) is 10.6. The van der Waals surface area contributed by atoms with E-state index in [2.05, 4.69) is 10.3 Å². The van der Waals surface area contributed by atoms with E-state index in [0.29, 0.717) is 18.8 Å². The number of nitrogens with zero attached hydrogens (tertiary/aromatic N) is 1. The van der Waals surface area contributed by atoms with E-state index in [1.165, 1.54) is 12.1 Å². The summed E-state index contributed by atoms with van der Waals surface area (Å²) in [6, 6.07) is 3.19. The SMILES string of the molecule is COCCO[C@H]1CC[C@H](NC(=O)c2cc(Cl)nc(Cl)c2)CC1. The third-order valence-electron chi connectivity index (χ3n) is 3.68. The summed E-state index contributed by atoms with van der Waals surface area (Å²) in [7, 11) is 1.66. The van der Waals surface area contributed by atoms with Gasteiger partial charge in [-0.15, -0.1) is 0 Å². The minimum atomic E-state index is -0.171. The number of methoxy groups -OCH3 is 1. The predicted octanol–water partition coefficient (Wildman–Crippen LogP) is 3.09. The number of pyridine rings is 1. The van der Waals surface area contributed by atoms with E-state index in [1.54, 1.807) is 7.11 Å². The Labute approximate surface area is 140 Å². The predicted molar refractivity (Wildman–Crippen MR) is 85.6 cm³/mol. The van der Waals surface area contributed by atoms with Crippen LogP contribution in [0.4, 0.5) is 0 Å². The molecule has 0 bridgehead atoms. The standard InChI is InChI=1S/C15H20Cl2N2O3/c1-21-6-7-22-12-4-2-11(3-5-12)18-15(20)10-8-13(16)19-14(17)9-10/h8-9,11-12H,2-7H2,1H3,(H,18,20)/t11-,12-. The first-order valence-electron chi connectivity index (χ1n) is 7.33. The van der Waals surface area contributed by atoms with Gasteiger partial charge in [-0.25, -0.2) is 4.98 Å². The van der Waals surface area contributed by atoms with Crippen molar-refractivity contribution in [1.29, 1.82) is 0 Å². The van der Waals surface area contributed by atoms with Crippen LogP contribution in [0.5, 0.6) is 0 Å². The number of ether oxygens (including phenoxy) is 2. The minimum Gasteiger partial charge on any atom is -0.382 e. The monoisotopic (exact) mass is 346 g/mol. The smallest absolute Gasteiger partial charge is 0.251 e. The number of halogens is 2. The summed E-state index contributed by atoms with van der Waals surface area (Å²) >= 11 is 11.6. The summed E-state index contributed by atoms with van der Waals surface area (Å²) in [4.78, 5) is 16.0. The Hall–Kier alpha value is -0.880. The van der Waals surface area contributed by atoms with Crippen LogP contribution in [0.2, 0.25) is 10.3 Å². The van der Waals surface area contributed by atoms with E-state index >= 15 is 0 Å². The number of hydrogen-bond acceptors (Lipinski definition) is 4. The van der Waals surface area contributed by atoms with Crippen molar-refractivity contribution >= 4 is 29.1 Å². The van der Waals surface area contributed by atoms with E-state index in [-0.39, 0.29) is 28.4 Å². The molecular weight excluding hydrogens is 327 g/mol. The van der Waals surface area contributed by atoms with Crippen LogP contribution < -0.4 is 5.32 Å². The van der Waals surface area contributed by atoms with Crippen molar-refractivity contribution in [3.8, 4) is 0 Å². The molecule has 1 heterocycles. The lowest BCUT2D eigenvalue weighted by atomic mass is 9.92. The fraction of sp³-hybridized carbons (Fsp3) is 0.600. The molecule has 1 amide bonds. The summed E-state index contributed by atoms with van der Waals surface area (Å²) in [5.41, 5.74) is 0.434. The molecule has 0 aliphatic heterocycles.